The number of nitrogens with zero attached hydrogens (tertiary/aromatic N) is 2. The molecule has 3 aromatic rings. The van der Waals surface area contributed by atoms with Crippen LogP contribution in [0.2, 0.25) is 0 Å². The number of aromatic nitrogens is 1. The number of thiazole rings is 1. The Hall–Kier alpha value is -2.60. The zero-order valence-corrected chi connectivity index (χ0v) is 14.8. The summed E-state index contributed by atoms with van der Waals surface area (Å²) in [4.78, 5) is 19.1. The molecule has 1 aliphatic heterocycles. The van der Waals surface area contributed by atoms with Gasteiger partial charge in [0, 0.05) is 29.8 Å². The van der Waals surface area contributed by atoms with Crippen molar-refractivity contribution < 1.29 is 9.21 Å². The van der Waals surface area contributed by atoms with Gasteiger partial charge in [-0.2, -0.15) is 0 Å². The summed E-state index contributed by atoms with van der Waals surface area (Å²) < 4.78 is 5.65. The smallest absolute Gasteiger partial charge is 0.291 e. The van der Waals surface area contributed by atoms with E-state index in [4.69, 9.17) is 4.42 Å². The van der Waals surface area contributed by atoms with Crippen LogP contribution in [0.5, 0.6) is 0 Å². The summed E-state index contributed by atoms with van der Waals surface area (Å²) in [5.74, 6) is 0.635. The van der Waals surface area contributed by atoms with E-state index in [1.165, 1.54) is 18.5 Å². The van der Waals surface area contributed by atoms with Gasteiger partial charge in [-0.25, -0.2) is 4.98 Å². The Morgan fingerprint density at radius 1 is 1.16 bits per heavy atom. The molecule has 0 unspecified atom stereocenters. The first-order valence-electron chi connectivity index (χ1n) is 8.38. The minimum Gasteiger partial charge on any atom is -0.449 e. The van der Waals surface area contributed by atoms with Gasteiger partial charge >= 0.3 is 0 Å². The maximum atomic E-state index is 12.4. The van der Waals surface area contributed by atoms with Crippen molar-refractivity contribution >= 4 is 28.6 Å². The first-order valence-corrected chi connectivity index (χ1v) is 9.26. The van der Waals surface area contributed by atoms with Crippen molar-refractivity contribution in [1.82, 2.24) is 4.98 Å². The zero-order chi connectivity index (χ0) is 17.2. The Kier molecular flexibility index (Phi) is 4.28. The van der Waals surface area contributed by atoms with E-state index in [0.717, 1.165) is 29.5 Å². The highest BCUT2D eigenvalue weighted by molar-refractivity contribution is 7.09. The van der Waals surface area contributed by atoms with Crippen molar-refractivity contribution in [2.24, 2.45) is 0 Å². The van der Waals surface area contributed by atoms with Crippen molar-refractivity contribution in [3.63, 3.8) is 0 Å². The molecule has 0 atom stereocenters. The Morgan fingerprint density at radius 3 is 2.60 bits per heavy atom. The highest BCUT2D eigenvalue weighted by Crippen LogP contribution is 2.25. The zero-order valence-electron chi connectivity index (χ0n) is 14.0. The Morgan fingerprint density at radius 2 is 1.92 bits per heavy atom. The Labute approximate surface area is 150 Å². The quantitative estimate of drug-likeness (QED) is 0.747. The molecule has 0 aliphatic carbocycles. The number of benzene rings is 1. The fourth-order valence-corrected chi connectivity index (χ4v) is 3.60. The van der Waals surface area contributed by atoms with Crippen LogP contribution in [0.1, 0.15) is 28.4 Å². The molecule has 0 radical (unpaired) electrons. The second kappa shape index (κ2) is 6.72. The summed E-state index contributed by atoms with van der Waals surface area (Å²) in [6.07, 6.45) is 2.50. The van der Waals surface area contributed by atoms with E-state index in [0.29, 0.717) is 5.76 Å². The predicted octanol–water partition coefficient (Wildman–Crippen LogP) is 4.56. The van der Waals surface area contributed by atoms with Crippen molar-refractivity contribution in [2.45, 2.75) is 19.8 Å². The van der Waals surface area contributed by atoms with Gasteiger partial charge in [0.2, 0.25) is 0 Å². The fraction of sp³-hybridized carbons (Fsp3) is 0.263. The van der Waals surface area contributed by atoms with Crippen LogP contribution < -0.4 is 10.2 Å². The van der Waals surface area contributed by atoms with Crippen molar-refractivity contribution in [3.05, 3.63) is 52.5 Å². The molecule has 0 bridgehead atoms. The average Bonchev–Trinajstić information content (AvgIpc) is 3.36. The molecule has 1 amide bonds. The van der Waals surface area contributed by atoms with Gasteiger partial charge in [0.15, 0.2) is 11.5 Å². The van der Waals surface area contributed by atoms with Crippen LogP contribution in [0.15, 0.2) is 46.2 Å². The maximum Gasteiger partial charge on any atom is 0.291 e. The normalized spacial score (nSPS) is 14.0. The second-order valence-corrected chi connectivity index (χ2v) is 7.17. The minimum absolute atomic E-state index is 0.257. The molecule has 1 aromatic carbocycles. The lowest BCUT2D eigenvalue weighted by Gasteiger charge is -2.17. The summed E-state index contributed by atoms with van der Waals surface area (Å²) in [6.45, 7) is 4.16. The molecule has 3 heterocycles. The van der Waals surface area contributed by atoms with Gasteiger partial charge in [-0.1, -0.05) is 0 Å². The van der Waals surface area contributed by atoms with Gasteiger partial charge < -0.3 is 14.6 Å². The molecule has 1 saturated heterocycles. The van der Waals surface area contributed by atoms with Gasteiger partial charge in [-0.15, -0.1) is 11.3 Å². The molecule has 1 fully saturated rings. The molecule has 0 saturated carbocycles. The molecular formula is C19H19N3O2S. The summed E-state index contributed by atoms with van der Waals surface area (Å²) >= 11 is 1.56. The van der Waals surface area contributed by atoms with E-state index in [2.05, 4.69) is 15.2 Å². The molecule has 2 aromatic heterocycles. The first-order chi connectivity index (χ1) is 12.2. The van der Waals surface area contributed by atoms with Crippen LogP contribution in [-0.2, 0) is 0 Å². The van der Waals surface area contributed by atoms with Gasteiger partial charge in [0.25, 0.3) is 5.91 Å². The molecule has 6 heteroatoms. The number of hydrogen-bond acceptors (Lipinski definition) is 5. The van der Waals surface area contributed by atoms with Gasteiger partial charge in [0.1, 0.15) is 5.69 Å². The topological polar surface area (TPSA) is 58.4 Å². The van der Waals surface area contributed by atoms with Gasteiger partial charge in [-0.3, -0.25) is 4.79 Å². The minimum atomic E-state index is -0.257. The number of hydrogen-bond donors (Lipinski definition) is 1. The standard InChI is InChI=1S/C19H19N3O2S/c1-13-20-16(12-25-13)17-8-9-18(24-17)19(23)21-14-4-6-15(7-5-14)22-10-2-3-11-22/h4-9,12H,2-3,10-11H2,1H3,(H,21,23). The average molecular weight is 353 g/mol. The molecule has 0 spiro atoms. The number of furan rings is 1. The van der Waals surface area contributed by atoms with E-state index in [1.807, 2.05) is 36.6 Å². The number of aryl methyl sites for hydroxylation is 1. The van der Waals surface area contributed by atoms with E-state index in [9.17, 15) is 4.79 Å². The predicted molar refractivity (Wildman–Crippen MR) is 100 cm³/mol. The summed E-state index contributed by atoms with van der Waals surface area (Å²) in [7, 11) is 0. The number of nitrogens with one attached hydrogen (secondary N) is 1. The third kappa shape index (κ3) is 3.44. The highest BCUT2D eigenvalue weighted by Gasteiger charge is 2.15. The number of rotatable bonds is 4. The summed E-state index contributed by atoms with van der Waals surface area (Å²) in [6, 6.07) is 11.4. The van der Waals surface area contributed by atoms with Crippen LogP contribution in [0, 0.1) is 6.92 Å². The fourth-order valence-electron chi connectivity index (χ4n) is 3.00. The summed E-state index contributed by atoms with van der Waals surface area (Å²) in [5, 5.41) is 5.77. The first kappa shape index (κ1) is 15.9. The lowest BCUT2D eigenvalue weighted by molar-refractivity contribution is 0.0997. The molecular weight excluding hydrogens is 334 g/mol. The van der Waals surface area contributed by atoms with Crippen molar-refractivity contribution in [1.29, 1.82) is 0 Å². The Balaban J connectivity index is 1.44. The molecule has 4 rings (SSSR count). The molecule has 1 N–H and O–H groups in total. The number of carbonyl (C=O) groups is 1. The van der Waals surface area contributed by atoms with Crippen LogP contribution in [0.4, 0.5) is 11.4 Å². The van der Waals surface area contributed by atoms with Crippen LogP contribution in [0.3, 0.4) is 0 Å². The van der Waals surface area contributed by atoms with Crippen LogP contribution in [-0.4, -0.2) is 24.0 Å². The molecule has 1 aliphatic rings. The SMILES string of the molecule is Cc1nc(-c2ccc(C(=O)Nc3ccc(N4CCCC4)cc3)o2)cs1. The largest absolute Gasteiger partial charge is 0.449 e. The highest BCUT2D eigenvalue weighted by atomic mass is 32.1. The third-order valence-electron chi connectivity index (χ3n) is 4.30. The van der Waals surface area contributed by atoms with E-state index in [-0.39, 0.29) is 11.7 Å². The van der Waals surface area contributed by atoms with E-state index in [1.54, 1.807) is 23.5 Å². The third-order valence-corrected chi connectivity index (χ3v) is 5.07. The van der Waals surface area contributed by atoms with E-state index < -0.39 is 0 Å². The van der Waals surface area contributed by atoms with E-state index >= 15 is 0 Å². The maximum absolute atomic E-state index is 12.4. The van der Waals surface area contributed by atoms with Gasteiger partial charge in [-0.05, 0) is 56.2 Å². The number of amides is 1. The van der Waals surface area contributed by atoms with Crippen LogP contribution >= 0.6 is 11.3 Å². The van der Waals surface area contributed by atoms with Crippen molar-refractivity contribution in [3.8, 4) is 11.5 Å². The monoisotopic (exact) mass is 353 g/mol. The number of carbonyl (C=O) groups excluding carboxylic acids is 1. The Bertz CT molecular complexity index is 876. The number of anilines is 2. The van der Waals surface area contributed by atoms with Gasteiger partial charge in [0.05, 0.1) is 5.01 Å². The molecule has 25 heavy (non-hydrogen) atoms. The lowest BCUT2D eigenvalue weighted by Crippen LogP contribution is -2.17. The summed E-state index contributed by atoms with van der Waals surface area (Å²) in [5.41, 5.74) is 2.72. The van der Waals surface area contributed by atoms with Crippen molar-refractivity contribution in [2.75, 3.05) is 23.3 Å². The molecule has 5 nitrogen and oxygen atoms in total. The lowest BCUT2D eigenvalue weighted by atomic mass is 10.2. The molecule has 128 valence electrons. The second-order valence-electron chi connectivity index (χ2n) is 6.11. The van der Waals surface area contributed by atoms with Crippen LogP contribution in [0.25, 0.3) is 11.5 Å².